The van der Waals surface area contributed by atoms with Crippen LogP contribution in [0.2, 0.25) is 0 Å². The number of anilines is 1. The van der Waals surface area contributed by atoms with Gasteiger partial charge in [-0.15, -0.1) is 0 Å². The maximum Gasteiger partial charge on any atom is 0.314 e. The molecule has 6 nitrogen and oxygen atoms in total. The zero-order valence-electron chi connectivity index (χ0n) is 9.34. The van der Waals surface area contributed by atoms with Gasteiger partial charge in [0.05, 0.1) is 27.3 Å². The van der Waals surface area contributed by atoms with Crippen molar-refractivity contribution in [2.24, 2.45) is 0 Å². The van der Waals surface area contributed by atoms with Gasteiger partial charge in [-0.3, -0.25) is 10.1 Å². The van der Waals surface area contributed by atoms with Crippen LogP contribution in [0.3, 0.4) is 0 Å². The van der Waals surface area contributed by atoms with E-state index >= 15 is 0 Å². The molecule has 1 heterocycles. The van der Waals surface area contributed by atoms with Gasteiger partial charge in [0.1, 0.15) is 5.82 Å². The molecule has 0 aliphatic carbocycles. The van der Waals surface area contributed by atoms with Crippen LogP contribution in [-0.2, 0) is 0 Å². The highest BCUT2D eigenvalue weighted by atomic mass is 79.9. The van der Waals surface area contributed by atoms with Crippen molar-refractivity contribution in [1.29, 1.82) is 0 Å². The first-order valence-corrected chi connectivity index (χ1v) is 5.79. The minimum absolute atomic E-state index is 0.101. The Morgan fingerprint density at radius 3 is 2.79 bits per heavy atom. The molecule has 0 unspecified atom stereocenters. The fourth-order valence-corrected chi connectivity index (χ4v) is 1.79. The smallest absolute Gasteiger partial charge is 0.314 e. The lowest BCUT2D eigenvalue weighted by molar-refractivity contribution is -0.385. The van der Waals surface area contributed by atoms with Crippen LogP contribution in [0.1, 0.15) is 0 Å². The van der Waals surface area contributed by atoms with Gasteiger partial charge in [0.25, 0.3) is 0 Å². The number of ether oxygens (including phenoxy) is 1. The zero-order chi connectivity index (χ0) is 14.0. The molecule has 0 aliphatic heterocycles. The summed E-state index contributed by atoms with van der Waals surface area (Å²) in [5.41, 5.74) is 5.44. The van der Waals surface area contributed by atoms with Gasteiger partial charge in [-0.05, 0) is 34.1 Å². The van der Waals surface area contributed by atoms with Crippen LogP contribution in [0.25, 0.3) is 0 Å². The molecular weight excluding hydrogens is 321 g/mol. The van der Waals surface area contributed by atoms with Crippen LogP contribution in [0.15, 0.2) is 34.9 Å². The first-order chi connectivity index (χ1) is 8.97. The molecule has 0 saturated carbocycles. The Morgan fingerprint density at radius 1 is 1.42 bits per heavy atom. The largest absolute Gasteiger partial charge is 0.431 e. The maximum atomic E-state index is 13.0. The number of nitrogens with two attached hydrogens (primary N) is 1. The molecule has 0 saturated heterocycles. The van der Waals surface area contributed by atoms with E-state index in [1.807, 2.05) is 0 Å². The third-order valence-electron chi connectivity index (χ3n) is 2.15. The number of nitro benzene ring substituents is 1. The fourth-order valence-electron chi connectivity index (χ4n) is 1.34. The first-order valence-electron chi connectivity index (χ1n) is 5.00. The highest BCUT2D eigenvalue weighted by Crippen LogP contribution is 2.34. The minimum Gasteiger partial charge on any atom is -0.431 e. The van der Waals surface area contributed by atoms with Crippen molar-refractivity contribution in [3.05, 3.63) is 50.9 Å². The van der Waals surface area contributed by atoms with Crippen LogP contribution < -0.4 is 10.5 Å². The summed E-state index contributed by atoms with van der Waals surface area (Å²) in [6.07, 6.45) is 1.34. The summed E-state index contributed by atoms with van der Waals surface area (Å²) in [5, 5.41) is 10.8. The van der Waals surface area contributed by atoms with Gasteiger partial charge < -0.3 is 10.5 Å². The number of hydrogen-bond acceptors (Lipinski definition) is 5. The number of pyridine rings is 1. The van der Waals surface area contributed by atoms with E-state index in [9.17, 15) is 14.5 Å². The topological polar surface area (TPSA) is 91.3 Å². The number of aromatic nitrogens is 1. The Morgan fingerprint density at radius 2 is 2.16 bits per heavy atom. The van der Waals surface area contributed by atoms with Crippen molar-refractivity contribution in [3.63, 3.8) is 0 Å². The molecule has 2 aromatic rings. The Hall–Kier alpha value is -2.22. The molecule has 0 fully saturated rings. The summed E-state index contributed by atoms with van der Waals surface area (Å²) in [6, 6.07) is 4.55. The first kappa shape index (κ1) is 13.2. The van der Waals surface area contributed by atoms with Crippen molar-refractivity contribution in [2.45, 2.75) is 0 Å². The molecule has 19 heavy (non-hydrogen) atoms. The molecular formula is C11H7BrFN3O3. The molecule has 2 rings (SSSR count). The second-order valence-electron chi connectivity index (χ2n) is 3.53. The van der Waals surface area contributed by atoms with Crippen molar-refractivity contribution >= 4 is 27.3 Å². The average molecular weight is 328 g/mol. The lowest BCUT2D eigenvalue weighted by Crippen LogP contribution is -1.97. The molecule has 0 atom stereocenters. The lowest BCUT2D eigenvalue weighted by atomic mass is 10.3. The molecule has 1 aromatic carbocycles. The number of hydrogen-bond donors (Lipinski definition) is 1. The average Bonchev–Trinajstić information content (AvgIpc) is 2.34. The monoisotopic (exact) mass is 327 g/mol. The van der Waals surface area contributed by atoms with E-state index in [4.69, 9.17) is 10.5 Å². The number of benzene rings is 1. The standard InChI is InChI=1S/C11H7BrFN3O3/c12-8-4-7(14)5-15-11(8)19-10-2-1-6(13)3-9(10)16(17)18/h1-5H,14H2. The van der Waals surface area contributed by atoms with E-state index in [1.165, 1.54) is 12.3 Å². The van der Waals surface area contributed by atoms with Gasteiger partial charge in [-0.1, -0.05) is 0 Å². The van der Waals surface area contributed by atoms with E-state index in [0.29, 0.717) is 10.2 Å². The fraction of sp³-hybridized carbons (Fsp3) is 0. The quantitative estimate of drug-likeness (QED) is 0.690. The summed E-state index contributed by atoms with van der Waals surface area (Å²) in [5.74, 6) is -0.725. The molecule has 98 valence electrons. The normalized spacial score (nSPS) is 10.2. The van der Waals surface area contributed by atoms with E-state index < -0.39 is 16.4 Å². The number of nitro groups is 1. The Bertz CT molecular complexity index is 651. The predicted octanol–water partition coefficient (Wildman–Crippen LogP) is 3.27. The molecule has 0 radical (unpaired) electrons. The summed E-state index contributed by atoms with van der Waals surface area (Å²) >= 11 is 3.17. The van der Waals surface area contributed by atoms with E-state index in [0.717, 1.165) is 18.2 Å². The maximum absolute atomic E-state index is 13.0. The van der Waals surface area contributed by atoms with Crippen LogP contribution in [-0.4, -0.2) is 9.91 Å². The van der Waals surface area contributed by atoms with E-state index in [2.05, 4.69) is 20.9 Å². The van der Waals surface area contributed by atoms with Gasteiger partial charge in [-0.25, -0.2) is 9.37 Å². The van der Waals surface area contributed by atoms with Crippen LogP contribution in [0, 0.1) is 15.9 Å². The molecule has 0 amide bonds. The third-order valence-corrected chi connectivity index (χ3v) is 2.72. The third kappa shape index (κ3) is 2.97. The van der Waals surface area contributed by atoms with E-state index in [-0.39, 0.29) is 11.6 Å². The molecule has 0 aliphatic rings. The zero-order valence-corrected chi connectivity index (χ0v) is 10.9. The number of nitrogen functional groups attached to an aromatic ring is 1. The number of halogens is 2. The van der Waals surface area contributed by atoms with Gasteiger partial charge >= 0.3 is 5.69 Å². The van der Waals surface area contributed by atoms with Crippen LogP contribution in [0.5, 0.6) is 11.6 Å². The van der Waals surface area contributed by atoms with Crippen LogP contribution >= 0.6 is 15.9 Å². The van der Waals surface area contributed by atoms with Gasteiger partial charge in [0, 0.05) is 0 Å². The number of nitrogens with zero attached hydrogens (tertiary/aromatic N) is 2. The van der Waals surface area contributed by atoms with Crippen molar-refractivity contribution in [2.75, 3.05) is 5.73 Å². The van der Waals surface area contributed by atoms with Crippen LogP contribution in [0.4, 0.5) is 15.8 Å². The summed E-state index contributed by atoms with van der Waals surface area (Å²) in [6.45, 7) is 0. The Balaban J connectivity index is 2.40. The predicted molar refractivity (Wildman–Crippen MR) is 69.5 cm³/mol. The second kappa shape index (κ2) is 5.19. The van der Waals surface area contributed by atoms with Gasteiger partial charge in [0.2, 0.25) is 11.6 Å². The second-order valence-corrected chi connectivity index (χ2v) is 4.38. The molecule has 1 aromatic heterocycles. The van der Waals surface area contributed by atoms with E-state index in [1.54, 1.807) is 0 Å². The molecule has 8 heteroatoms. The van der Waals surface area contributed by atoms with Crippen molar-refractivity contribution < 1.29 is 14.1 Å². The summed E-state index contributed by atoms with van der Waals surface area (Å²) in [4.78, 5) is 14.0. The minimum atomic E-state index is -0.733. The molecule has 2 N–H and O–H groups in total. The highest BCUT2D eigenvalue weighted by molar-refractivity contribution is 9.10. The highest BCUT2D eigenvalue weighted by Gasteiger charge is 2.18. The summed E-state index contributed by atoms with van der Waals surface area (Å²) < 4.78 is 18.7. The molecule has 0 spiro atoms. The Kier molecular flexibility index (Phi) is 3.61. The summed E-state index contributed by atoms with van der Waals surface area (Å²) in [7, 11) is 0. The SMILES string of the molecule is Nc1cnc(Oc2ccc(F)cc2[N+](=O)[O-])c(Br)c1. The Labute approximate surface area is 115 Å². The van der Waals surface area contributed by atoms with Gasteiger partial charge in [0.15, 0.2) is 0 Å². The van der Waals surface area contributed by atoms with Crippen molar-refractivity contribution in [3.8, 4) is 11.6 Å². The molecule has 0 bridgehead atoms. The van der Waals surface area contributed by atoms with Gasteiger partial charge in [-0.2, -0.15) is 0 Å². The lowest BCUT2D eigenvalue weighted by Gasteiger charge is -2.07. The number of rotatable bonds is 3. The van der Waals surface area contributed by atoms with Crippen molar-refractivity contribution in [1.82, 2.24) is 4.98 Å².